The number of rotatable bonds is 6. The molecule has 0 aromatic heterocycles. The standard InChI is InChI=1S/C17H28BrN3OS.HI/c1-6-19-16(20-11-12-23(22)17(2,3)4)21(5)13-14-9-7-8-10-15(14)18;/h7-10H,6,11-13H2,1-5H3,(H,19,20);1H. The van der Waals surface area contributed by atoms with Crippen molar-refractivity contribution in [1.29, 1.82) is 0 Å². The summed E-state index contributed by atoms with van der Waals surface area (Å²) < 4.78 is 13.0. The number of hydrogen-bond acceptors (Lipinski definition) is 2. The molecule has 24 heavy (non-hydrogen) atoms. The summed E-state index contributed by atoms with van der Waals surface area (Å²) in [6, 6.07) is 8.18. The number of nitrogens with one attached hydrogen (secondary N) is 1. The molecule has 0 aliphatic heterocycles. The van der Waals surface area contributed by atoms with Crippen LogP contribution in [0.1, 0.15) is 33.3 Å². The first-order valence-corrected chi connectivity index (χ1v) is 9.98. The van der Waals surface area contributed by atoms with Gasteiger partial charge in [-0.2, -0.15) is 0 Å². The third kappa shape index (κ3) is 8.29. The maximum absolute atomic E-state index is 12.1. The van der Waals surface area contributed by atoms with Crippen molar-refractivity contribution in [3.63, 3.8) is 0 Å². The Bertz CT molecular complexity index is 561. The highest BCUT2D eigenvalue weighted by Gasteiger charge is 2.18. The number of halogens is 2. The van der Waals surface area contributed by atoms with Crippen molar-refractivity contribution in [3.05, 3.63) is 34.3 Å². The first kappa shape index (κ1) is 23.9. The van der Waals surface area contributed by atoms with E-state index in [9.17, 15) is 4.21 Å². The van der Waals surface area contributed by atoms with E-state index in [-0.39, 0.29) is 28.7 Å². The maximum Gasteiger partial charge on any atom is 0.193 e. The molecule has 1 atom stereocenters. The van der Waals surface area contributed by atoms with Gasteiger partial charge in [0.1, 0.15) is 0 Å². The fraction of sp³-hybridized carbons (Fsp3) is 0.588. The van der Waals surface area contributed by atoms with Crippen molar-refractivity contribution in [3.8, 4) is 0 Å². The molecule has 0 saturated carbocycles. The topological polar surface area (TPSA) is 44.7 Å². The van der Waals surface area contributed by atoms with Crippen LogP contribution in [-0.2, 0) is 17.3 Å². The summed E-state index contributed by atoms with van der Waals surface area (Å²) in [7, 11) is 1.14. The summed E-state index contributed by atoms with van der Waals surface area (Å²) in [5, 5.41) is 3.30. The van der Waals surface area contributed by atoms with Gasteiger partial charge in [0.15, 0.2) is 5.96 Å². The Morgan fingerprint density at radius 3 is 2.50 bits per heavy atom. The minimum Gasteiger partial charge on any atom is -0.357 e. The van der Waals surface area contributed by atoms with Crippen molar-refractivity contribution in [2.75, 3.05) is 25.9 Å². The lowest BCUT2D eigenvalue weighted by Gasteiger charge is -2.23. The van der Waals surface area contributed by atoms with E-state index in [4.69, 9.17) is 0 Å². The van der Waals surface area contributed by atoms with Crippen LogP contribution in [0.3, 0.4) is 0 Å². The number of aliphatic imine (C=N–C) groups is 1. The van der Waals surface area contributed by atoms with Crippen molar-refractivity contribution < 1.29 is 4.21 Å². The molecular weight excluding hydrogens is 501 g/mol. The predicted octanol–water partition coefficient (Wildman–Crippen LogP) is 4.01. The van der Waals surface area contributed by atoms with E-state index in [1.807, 2.05) is 46.0 Å². The second-order valence-corrected chi connectivity index (χ2v) is 9.52. The number of guanidine groups is 1. The summed E-state index contributed by atoms with van der Waals surface area (Å²) in [4.78, 5) is 6.70. The van der Waals surface area contributed by atoms with E-state index < -0.39 is 10.8 Å². The van der Waals surface area contributed by atoms with Gasteiger partial charge in [0.05, 0.1) is 6.54 Å². The zero-order valence-electron chi connectivity index (χ0n) is 15.1. The van der Waals surface area contributed by atoms with Gasteiger partial charge < -0.3 is 10.2 Å². The summed E-state index contributed by atoms with van der Waals surface area (Å²) in [5.41, 5.74) is 1.21. The average molecular weight is 530 g/mol. The van der Waals surface area contributed by atoms with Gasteiger partial charge in [-0.25, -0.2) is 0 Å². The highest BCUT2D eigenvalue weighted by Crippen LogP contribution is 2.17. The van der Waals surface area contributed by atoms with E-state index >= 15 is 0 Å². The molecule has 0 aliphatic rings. The van der Waals surface area contributed by atoms with Gasteiger partial charge in [-0.1, -0.05) is 34.1 Å². The van der Waals surface area contributed by atoms with E-state index in [2.05, 4.69) is 44.1 Å². The Hall–Kier alpha value is -0.150. The molecule has 0 saturated heterocycles. The van der Waals surface area contributed by atoms with Crippen molar-refractivity contribution in [1.82, 2.24) is 10.2 Å². The van der Waals surface area contributed by atoms with E-state index in [0.29, 0.717) is 12.3 Å². The summed E-state index contributed by atoms with van der Waals surface area (Å²) in [6.45, 7) is 10.2. The highest BCUT2D eigenvalue weighted by molar-refractivity contribution is 14.0. The molecule has 0 amide bonds. The average Bonchev–Trinajstić information content (AvgIpc) is 2.47. The minimum absolute atomic E-state index is 0. The first-order valence-electron chi connectivity index (χ1n) is 7.87. The number of hydrogen-bond donors (Lipinski definition) is 1. The van der Waals surface area contributed by atoms with Crippen LogP contribution < -0.4 is 5.32 Å². The molecule has 1 aromatic rings. The van der Waals surface area contributed by atoms with Crippen LogP contribution in [0.4, 0.5) is 0 Å². The van der Waals surface area contributed by atoms with E-state index in [0.717, 1.165) is 23.5 Å². The van der Waals surface area contributed by atoms with Gasteiger partial charge >= 0.3 is 0 Å². The Balaban J connectivity index is 0.00000529. The summed E-state index contributed by atoms with van der Waals surface area (Å²) in [5.74, 6) is 1.43. The van der Waals surface area contributed by atoms with Gasteiger partial charge in [0, 0.05) is 45.9 Å². The quantitative estimate of drug-likeness (QED) is 0.344. The van der Waals surface area contributed by atoms with Crippen LogP contribution in [0.25, 0.3) is 0 Å². The van der Waals surface area contributed by atoms with Crippen molar-refractivity contribution in [2.24, 2.45) is 4.99 Å². The van der Waals surface area contributed by atoms with Crippen molar-refractivity contribution >= 4 is 56.7 Å². The molecule has 1 N–H and O–H groups in total. The minimum atomic E-state index is -0.873. The van der Waals surface area contributed by atoms with Crippen molar-refractivity contribution in [2.45, 2.75) is 39.0 Å². The molecule has 4 nitrogen and oxygen atoms in total. The van der Waals surface area contributed by atoms with Crippen LogP contribution >= 0.6 is 39.9 Å². The molecule has 138 valence electrons. The smallest absolute Gasteiger partial charge is 0.193 e. The van der Waals surface area contributed by atoms with Gasteiger partial charge in [-0.3, -0.25) is 9.20 Å². The van der Waals surface area contributed by atoms with Gasteiger partial charge in [-0.15, -0.1) is 24.0 Å². The largest absolute Gasteiger partial charge is 0.357 e. The fourth-order valence-electron chi connectivity index (χ4n) is 1.97. The van der Waals surface area contributed by atoms with Gasteiger partial charge in [0.2, 0.25) is 0 Å². The molecule has 0 heterocycles. The zero-order chi connectivity index (χ0) is 17.5. The fourth-order valence-corrected chi connectivity index (χ4v) is 3.25. The van der Waals surface area contributed by atoms with Gasteiger partial charge in [-0.05, 0) is 39.3 Å². The number of nitrogens with zero attached hydrogens (tertiary/aromatic N) is 2. The molecule has 0 radical (unpaired) electrons. The second kappa shape index (κ2) is 11.5. The second-order valence-electron chi connectivity index (χ2n) is 6.35. The SMILES string of the molecule is CCNC(=NCCS(=O)C(C)(C)C)N(C)Cc1ccccc1Br.I. The maximum atomic E-state index is 12.1. The monoisotopic (exact) mass is 529 g/mol. The lowest BCUT2D eigenvalue weighted by molar-refractivity contribution is 0.476. The molecule has 1 aromatic carbocycles. The van der Waals surface area contributed by atoms with Crippen LogP contribution in [0.15, 0.2) is 33.7 Å². The number of benzene rings is 1. The van der Waals surface area contributed by atoms with Gasteiger partial charge in [0.25, 0.3) is 0 Å². The Labute approximate surface area is 174 Å². The molecule has 1 rings (SSSR count). The predicted molar refractivity (Wildman–Crippen MR) is 120 cm³/mol. The zero-order valence-corrected chi connectivity index (χ0v) is 19.9. The highest BCUT2D eigenvalue weighted by atomic mass is 127. The van der Waals surface area contributed by atoms with Crippen LogP contribution in [0.5, 0.6) is 0 Å². The first-order chi connectivity index (χ1) is 10.8. The summed E-state index contributed by atoms with van der Waals surface area (Å²) >= 11 is 3.58. The van der Waals surface area contributed by atoms with Crippen LogP contribution in [0, 0.1) is 0 Å². The molecule has 7 heteroatoms. The third-order valence-corrected chi connectivity index (χ3v) is 5.98. The summed E-state index contributed by atoms with van der Waals surface area (Å²) in [6.07, 6.45) is 0. The Morgan fingerprint density at radius 2 is 1.96 bits per heavy atom. The van der Waals surface area contributed by atoms with E-state index in [1.165, 1.54) is 5.56 Å². The molecule has 0 bridgehead atoms. The molecule has 0 fully saturated rings. The molecule has 0 aliphatic carbocycles. The lowest BCUT2D eigenvalue weighted by atomic mass is 10.2. The van der Waals surface area contributed by atoms with E-state index in [1.54, 1.807) is 0 Å². The van der Waals surface area contributed by atoms with Crippen LogP contribution in [-0.4, -0.2) is 45.7 Å². The molecular formula is C17H29BrIN3OS. The Kier molecular flexibility index (Phi) is 11.4. The normalized spacial score (nSPS) is 13.2. The Morgan fingerprint density at radius 1 is 1.33 bits per heavy atom. The molecule has 1 unspecified atom stereocenters. The third-order valence-electron chi connectivity index (χ3n) is 3.28. The molecule has 0 spiro atoms. The lowest BCUT2D eigenvalue weighted by Crippen LogP contribution is -2.39. The van der Waals surface area contributed by atoms with Crippen LogP contribution in [0.2, 0.25) is 0 Å².